The van der Waals surface area contributed by atoms with E-state index in [-0.39, 0.29) is 0 Å². The molecule has 2 heterocycles. The van der Waals surface area contributed by atoms with Gasteiger partial charge in [-0.2, -0.15) is 0 Å². The molecule has 0 radical (unpaired) electrons. The van der Waals surface area contributed by atoms with Crippen molar-refractivity contribution < 1.29 is 0 Å². The molecule has 2 saturated heterocycles. The molecule has 17 heavy (non-hydrogen) atoms. The molecule has 92 valence electrons. The third-order valence-electron chi connectivity index (χ3n) is 4.24. The molecule has 1 aromatic carbocycles. The third kappa shape index (κ3) is 2.70. The number of nitrogens with zero attached hydrogens (tertiary/aromatic N) is 1. The van der Waals surface area contributed by atoms with E-state index in [1.807, 2.05) is 0 Å². The van der Waals surface area contributed by atoms with Crippen molar-refractivity contribution in [2.45, 2.75) is 19.4 Å². The molecule has 2 fully saturated rings. The summed E-state index contributed by atoms with van der Waals surface area (Å²) in [5.74, 6) is 1.83. The lowest BCUT2D eigenvalue weighted by Crippen LogP contribution is -2.26. The van der Waals surface area contributed by atoms with Gasteiger partial charge in [0.2, 0.25) is 0 Å². The van der Waals surface area contributed by atoms with Crippen molar-refractivity contribution in [1.29, 1.82) is 0 Å². The number of benzene rings is 1. The minimum atomic E-state index is 0.890. The number of nitrogens with one attached hydrogen (secondary N) is 1. The van der Waals surface area contributed by atoms with Crippen LogP contribution in [-0.4, -0.2) is 31.1 Å². The predicted molar refractivity (Wildman–Crippen MR) is 70.8 cm³/mol. The summed E-state index contributed by atoms with van der Waals surface area (Å²) in [6, 6.07) is 10.9. The quantitative estimate of drug-likeness (QED) is 0.837. The van der Waals surface area contributed by atoms with Crippen LogP contribution in [0.3, 0.4) is 0 Å². The molecule has 1 N–H and O–H groups in total. The molecule has 2 unspecified atom stereocenters. The number of hydrogen-bond donors (Lipinski definition) is 1. The van der Waals surface area contributed by atoms with Crippen LogP contribution in [0, 0.1) is 11.8 Å². The van der Waals surface area contributed by atoms with Gasteiger partial charge in [0.25, 0.3) is 0 Å². The molecule has 2 atom stereocenters. The van der Waals surface area contributed by atoms with E-state index in [4.69, 9.17) is 0 Å². The van der Waals surface area contributed by atoms with Crippen LogP contribution >= 0.6 is 0 Å². The van der Waals surface area contributed by atoms with Crippen molar-refractivity contribution in [2.24, 2.45) is 11.8 Å². The normalized spacial score (nSPS) is 29.9. The van der Waals surface area contributed by atoms with Gasteiger partial charge in [-0.25, -0.2) is 0 Å². The Morgan fingerprint density at radius 1 is 1.12 bits per heavy atom. The van der Waals surface area contributed by atoms with Crippen LogP contribution in [0.15, 0.2) is 30.3 Å². The van der Waals surface area contributed by atoms with Gasteiger partial charge in [-0.3, -0.25) is 4.90 Å². The second-order valence-corrected chi connectivity index (χ2v) is 5.55. The van der Waals surface area contributed by atoms with E-state index in [0.29, 0.717) is 0 Å². The van der Waals surface area contributed by atoms with Gasteiger partial charge in [0.05, 0.1) is 0 Å². The molecule has 0 aliphatic carbocycles. The summed E-state index contributed by atoms with van der Waals surface area (Å²) in [5, 5.41) is 3.58. The van der Waals surface area contributed by atoms with Gasteiger partial charge in [-0.05, 0) is 43.3 Å². The van der Waals surface area contributed by atoms with Gasteiger partial charge in [0.1, 0.15) is 0 Å². The highest BCUT2D eigenvalue weighted by molar-refractivity contribution is 5.14. The zero-order valence-electron chi connectivity index (χ0n) is 10.4. The molecule has 0 spiro atoms. The lowest BCUT2D eigenvalue weighted by molar-refractivity contribution is 0.308. The van der Waals surface area contributed by atoms with E-state index < -0.39 is 0 Å². The van der Waals surface area contributed by atoms with Crippen LogP contribution in [0.2, 0.25) is 0 Å². The third-order valence-corrected chi connectivity index (χ3v) is 4.24. The number of hydrogen-bond acceptors (Lipinski definition) is 2. The maximum Gasteiger partial charge on any atom is 0.0233 e. The summed E-state index contributed by atoms with van der Waals surface area (Å²) in [6.45, 7) is 6.18. The largest absolute Gasteiger partial charge is 0.316 e. The fraction of sp³-hybridized carbons (Fsp3) is 0.600. The standard InChI is InChI=1S/C15H22N2/c1-2-5-13(6-3-1)10-17-11-14-7-4-8-16-9-15(14)12-17/h1-3,5-6,14-16H,4,7-12H2. The van der Waals surface area contributed by atoms with E-state index >= 15 is 0 Å². The first kappa shape index (κ1) is 11.2. The minimum absolute atomic E-state index is 0.890. The number of rotatable bonds is 2. The molecule has 0 amide bonds. The second-order valence-electron chi connectivity index (χ2n) is 5.55. The van der Waals surface area contributed by atoms with Crippen molar-refractivity contribution in [1.82, 2.24) is 10.2 Å². The van der Waals surface area contributed by atoms with Crippen molar-refractivity contribution >= 4 is 0 Å². The highest BCUT2D eigenvalue weighted by Gasteiger charge is 2.32. The maximum atomic E-state index is 3.58. The molecule has 0 saturated carbocycles. The molecule has 1 aromatic rings. The van der Waals surface area contributed by atoms with Gasteiger partial charge in [-0.1, -0.05) is 30.3 Å². The Morgan fingerprint density at radius 3 is 2.82 bits per heavy atom. The van der Waals surface area contributed by atoms with E-state index in [2.05, 4.69) is 40.5 Å². The number of likely N-dealkylation sites (tertiary alicyclic amines) is 1. The predicted octanol–water partition coefficient (Wildman–Crippen LogP) is 2.12. The lowest BCUT2D eigenvalue weighted by Gasteiger charge is -2.16. The summed E-state index contributed by atoms with van der Waals surface area (Å²) in [7, 11) is 0. The second kappa shape index (κ2) is 5.19. The average Bonchev–Trinajstić information content (AvgIpc) is 2.60. The first-order chi connectivity index (χ1) is 8.42. The Labute approximate surface area is 104 Å². The highest BCUT2D eigenvalue weighted by Crippen LogP contribution is 2.29. The van der Waals surface area contributed by atoms with Crippen LogP contribution in [0.4, 0.5) is 0 Å². The van der Waals surface area contributed by atoms with Crippen LogP contribution in [0.5, 0.6) is 0 Å². The van der Waals surface area contributed by atoms with Gasteiger partial charge in [0, 0.05) is 19.6 Å². The molecular formula is C15H22N2. The minimum Gasteiger partial charge on any atom is -0.316 e. The summed E-state index contributed by atoms with van der Waals surface area (Å²) >= 11 is 0. The van der Waals surface area contributed by atoms with Gasteiger partial charge < -0.3 is 5.32 Å². The Morgan fingerprint density at radius 2 is 1.94 bits per heavy atom. The lowest BCUT2D eigenvalue weighted by atomic mass is 9.93. The monoisotopic (exact) mass is 230 g/mol. The van der Waals surface area contributed by atoms with Crippen molar-refractivity contribution in [3.63, 3.8) is 0 Å². The maximum absolute atomic E-state index is 3.58. The van der Waals surface area contributed by atoms with Crippen molar-refractivity contribution in [2.75, 3.05) is 26.2 Å². The number of fused-ring (bicyclic) bond motifs is 1. The van der Waals surface area contributed by atoms with Gasteiger partial charge in [-0.15, -0.1) is 0 Å². The van der Waals surface area contributed by atoms with Gasteiger partial charge in [0.15, 0.2) is 0 Å². The fourth-order valence-electron chi connectivity index (χ4n) is 3.34. The molecule has 0 aromatic heterocycles. The molecular weight excluding hydrogens is 208 g/mol. The van der Waals surface area contributed by atoms with Crippen LogP contribution in [0.25, 0.3) is 0 Å². The SMILES string of the molecule is c1ccc(CN2CC3CCCNCC3C2)cc1. The molecule has 3 rings (SSSR count). The summed E-state index contributed by atoms with van der Waals surface area (Å²) < 4.78 is 0. The highest BCUT2D eigenvalue weighted by atomic mass is 15.2. The zero-order chi connectivity index (χ0) is 11.5. The summed E-state index contributed by atoms with van der Waals surface area (Å²) in [6.07, 6.45) is 2.78. The molecule has 2 heteroatoms. The Bertz CT molecular complexity index is 335. The van der Waals surface area contributed by atoms with Crippen LogP contribution in [-0.2, 0) is 6.54 Å². The van der Waals surface area contributed by atoms with E-state index in [1.165, 1.54) is 44.6 Å². The first-order valence-electron chi connectivity index (χ1n) is 6.89. The van der Waals surface area contributed by atoms with Crippen LogP contribution in [0.1, 0.15) is 18.4 Å². The molecule has 2 aliphatic heterocycles. The average molecular weight is 230 g/mol. The zero-order valence-corrected chi connectivity index (χ0v) is 10.4. The Balaban J connectivity index is 1.60. The summed E-state index contributed by atoms with van der Waals surface area (Å²) in [4.78, 5) is 2.64. The van der Waals surface area contributed by atoms with E-state index in [0.717, 1.165) is 18.4 Å². The molecule has 0 bridgehead atoms. The molecule has 2 nitrogen and oxygen atoms in total. The topological polar surface area (TPSA) is 15.3 Å². The fourth-order valence-corrected chi connectivity index (χ4v) is 3.34. The Kier molecular flexibility index (Phi) is 3.44. The van der Waals surface area contributed by atoms with Crippen molar-refractivity contribution in [3.8, 4) is 0 Å². The van der Waals surface area contributed by atoms with Gasteiger partial charge >= 0.3 is 0 Å². The first-order valence-corrected chi connectivity index (χ1v) is 6.89. The smallest absolute Gasteiger partial charge is 0.0233 e. The van der Waals surface area contributed by atoms with Crippen molar-refractivity contribution in [3.05, 3.63) is 35.9 Å². The molecule has 2 aliphatic rings. The summed E-state index contributed by atoms with van der Waals surface area (Å²) in [5.41, 5.74) is 1.46. The Hall–Kier alpha value is -0.860. The van der Waals surface area contributed by atoms with Crippen LogP contribution < -0.4 is 5.32 Å². The van der Waals surface area contributed by atoms with E-state index in [1.54, 1.807) is 0 Å². The van der Waals surface area contributed by atoms with E-state index in [9.17, 15) is 0 Å².